The minimum absolute atomic E-state index is 0.0422. The number of carboxylic acid groups (broad SMARTS) is 1. The third-order valence-corrected chi connectivity index (χ3v) is 6.41. The zero-order valence-electron chi connectivity index (χ0n) is 17.5. The maximum atomic E-state index is 12.6. The van der Waals surface area contributed by atoms with Gasteiger partial charge in [0.1, 0.15) is 4.88 Å². The molecule has 1 amide bonds. The Labute approximate surface area is 184 Å². The van der Waals surface area contributed by atoms with E-state index >= 15 is 0 Å². The van der Waals surface area contributed by atoms with E-state index < -0.39 is 5.97 Å². The van der Waals surface area contributed by atoms with E-state index in [2.05, 4.69) is 5.32 Å². The number of fused-ring (bicyclic) bond motifs is 1. The summed E-state index contributed by atoms with van der Waals surface area (Å²) >= 11 is 1.21. The van der Waals surface area contributed by atoms with Gasteiger partial charge in [0.05, 0.1) is 18.9 Å². The molecule has 0 fully saturated rings. The molecule has 1 aliphatic heterocycles. The third-order valence-electron chi connectivity index (χ3n) is 5.12. The van der Waals surface area contributed by atoms with Gasteiger partial charge in [-0.05, 0) is 37.1 Å². The summed E-state index contributed by atoms with van der Waals surface area (Å²) in [5, 5.41) is 12.8. The number of carbonyl (C=O) groups is 2. The maximum Gasteiger partial charge on any atom is 0.346 e. The summed E-state index contributed by atoms with van der Waals surface area (Å²) in [6.07, 6.45) is 0.188. The van der Waals surface area contributed by atoms with Crippen LogP contribution in [-0.2, 0) is 4.79 Å². The normalized spacial score (nSPS) is 15.4. The Morgan fingerprint density at radius 2 is 1.90 bits per heavy atom. The number of ether oxygens (including phenoxy) is 2. The van der Waals surface area contributed by atoms with Crippen molar-refractivity contribution < 1.29 is 24.2 Å². The van der Waals surface area contributed by atoms with Crippen LogP contribution in [0, 0.1) is 0 Å². The molecule has 0 spiro atoms. The number of hydrogen-bond donors (Lipinski definition) is 2. The van der Waals surface area contributed by atoms with Crippen LogP contribution in [0.2, 0.25) is 0 Å². The molecule has 0 radical (unpaired) electrons. The highest BCUT2D eigenvalue weighted by Crippen LogP contribution is 2.50. The minimum Gasteiger partial charge on any atom is -0.493 e. The van der Waals surface area contributed by atoms with Crippen molar-refractivity contribution in [2.75, 3.05) is 12.4 Å². The van der Waals surface area contributed by atoms with Gasteiger partial charge in [-0.3, -0.25) is 4.79 Å². The molecule has 2 heterocycles. The molecule has 6 nitrogen and oxygen atoms in total. The number of anilines is 1. The Hall–Kier alpha value is -3.32. The molecule has 0 saturated carbocycles. The first-order valence-electron chi connectivity index (χ1n) is 9.98. The van der Waals surface area contributed by atoms with Crippen molar-refractivity contribution in [3.05, 3.63) is 63.8 Å². The third kappa shape index (κ3) is 4.01. The molecule has 2 N–H and O–H groups in total. The lowest BCUT2D eigenvalue weighted by molar-refractivity contribution is -0.116. The Morgan fingerprint density at radius 3 is 2.55 bits per heavy atom. The van der Waals surface area contributed by atoms with Crippen molar-refractivity contribution in [2.45, 2.75) is 32.3 Å². The molecule has 1 aromatic heterocycles. The molecule has 2 aromatic carbocycles. The number of carbonyl (C=O) groups excluding carboxylic acids is 1. The number of rotatable bonds is 6. The number of amides is 1. The van der Waals surface area contributed by atoms with Gasteiger partial charge in [0.25, 0.3) is 0 Å². The van der Waals surface area contributed by atoms with Crippen LogP contribution in [0.15, 0.2) is 48.5 Å². The Balaban J connectivity index is 1.87. The number of nitrogens with one attached hydrogen (secondary N) is 1. The summed E-state index contributed by atoms with van der Waals surface area (Å²) in [6, 6.07) is 14.9. The monoisotopic (exact) mass is 437 g/mol. The Morgan fingerprint density at radius 1 is 1.16 bits per heavy atom. The smallest absolute Gasteiger partial charge is 0.346 e. The van der Waals surface area contributed by atoms with Gasteiger partial charge < -0.3 is 19.9 Å². The molecule has 31 heavy (non-hydrogen) atoms. The van der Waals surface area contributed by atoms with Gasteiger partial charge in [0, 0.05) is 22.8 Å². The number of aromatic carboxylic acids is 1. The second kappa shape index (κ2) is 8.43. The van der Waals surface area contributed by atoms with Gasteiger partial charge in [0.2, 0.25) is 5.91 Å². The molecule has 4 rings (SSSR count). The van der Waals surface area contributed by atoms with E-state index in [9.17, 15) is 14.7 Å². The second-order valence-electron chi connectivity index (χ2n) is 7.60. The lowest BCUT2D eigenvalue weighted by atomic mass is 9.88. The Kier molecular flexibility index (Phi) is 5.69. The van der Waals surface area contributed by atoms with E-state index in [0.717, 1.165) is 16.0 Å². The fourth-order valence-electron chi connectivity index (χ4n) is 3.84. The van der Waals surface area contributed by atoms with Crippen LogP contribution in [0.5, 0.6) is 11.5 Å². The summed E-state index contributed by atoms with van der Waals surface area (Å²) in [4.78, 5) is 25.8. The first kappa shape index (κ1) is 20.9. The SMILES string of the molecule is COc1ccc([C@H]2CC(=O)Nc3c2sc(C(=O)O)c3-c2ccccc2)cc1OC(C)C. The molecule has 1 aliphatic rings. The summed E-state index contributed by atoms with van der Waals surface area (Å²) in [5.74, 6) is -0.220. The maximum absolute atomic E-state index is 12.6. The lowest BCUT2D eigenvalue weighted by Gasteiger charge is -2.25. The van der Waals surface area contributed by atoms with Crippen LogP contribution in [0.4, 0.5) is 5.69 Å². The van der Waals surface area contributed by atoms with Crippen molar-refractivity contribution in [2.24, 2.45) is 0 Å². The zero-order valence-corrected chi connectivity index (χ0v) is 18.3. The average molecular weight is 438 g/mol. The summed E-state index contributed by atoms with van der Waals surface area (Å²) in [5.41, 5.74) is 2.78. The van der Waals surface area contributed by atoms with Crippen LogP contribution in [0.3, 0.4) is 0 Å². The molecule has 0 unspecified atom stereocenters. The first-order valence-corrected chi connectivity index (χ1v) is 10.8. The number of benzene rings is 2. The fraction of sp³-hybridized carbons (Fsp3) is 0.250. The predicted octanol–water partition coefficient (Wildman–Crippen LogP) is 5.38. The van der Waals surface area contributed by atoms with Crippen LogP contribution in [0.25, 0.3) is 11.1 Å². The molecule has 160 valence electrons. The van der Waals surface area contributed by atoms with E-state index in [1.54, 1.807) is 7.11 Å². The standard InChI is InChI=1S/C24H23NO5S/c1-13(2)30-18-11-15(9-10-17(18)29-3)16-12-19(26)25-21-20(14-7-5-4-6-8-14)23(24(27)28)31-22(16)21/h4-11,13,16H,12H2,1-3H3,(H,25,26)(H,27,28)/t16-/m1/s1. The molecule has 3 aromatic rings. The summed E-state index contributed by atoms with van der Waals surface area (Å²) < 4.78 is 11.3. The fourth-order valence-corrected chi connectivity index (χ4v) is 5.09. The van der Waals surface area contributed by atoms with Gasteiger partial charge in [0.15, 0.2) is 11.5 Å². The first-order chi connectivity index (χ1) is 14.9. The highest BCUT2D eigenvalue weighted by molar-refractivity contribution is 7.15. The largest absolute Gasteiger partial charge is 0.493 e. The van der Waals surface area contributed by atoms with Gasteiger partial charge in [-0.15, -0.1) is 11.3 Å². The van der Waals surface area contributed by atoms with Crippen LogP contribution in [0.1, 0.15) is 46.3 Å². The van der Waals surface area contributed by atoms with Gasteiger partial charge in [-0.2, -0.15) is 0 Å². The van der Waals surface area contributed by atoms with Crippen molar-refractivity contribution in [3.8, 4) is 22.6 Å². The van der Waals surface area contributed by atoms with E-state index in [-0.39, 0.29) is 29.2 Å². The molecular formula is C24H23NO5S. The van der Waals surface area contributed by atoms with E-state index in [0.29, 0.717) is 22.7 Å². The zero-order chi connectivity index (χ0) is 22.1. The van der Waals surface area contributed by atoms with E-state index in [1.807, 2.05) is 62.4 Å². The Bertz CT molecular complexity index is 1140. The lowest BCUT2D eigenvalue weighted by Crippen LogP contribution is -2.22. The van der Waals surface area contributed by atoms with Crippen molar-refractivity contribution in [1.29, 1.82) is 0 Å². The van der Waals surface area contributed by atoms with Crippen LogP contribution < -0.4 is 14.8 Å². The van der Waals surface area contributed by atoms with Crippen LogP contribution in [-0.4, -0.2) is 30.2 Å². The summed E-state index contributed by atoms with van der Waals surface area (Å²) in [7, 11) is 1.58. The van der Waals surface area contributed by atoms with Gasteiger partial charge in [-0.1, -0.05) is 36.4 Å². The highest BCUT2D eigenvalue weighted by atomic mass is 32.1. The van der Waals surface area contributed by atoms with Crippen molar-refractivity contribution >= 4 is 28.9 Å². The molecule has 1 atom stereocenters. The number of hydrogen-bond acceptors (Lipinski definition) is 5. The quantitative estimate of drug-likeness (QED) is 0.541. The van der Waals surface area contributed by atoms with Gasteiger partial charge >= 0.3 is 5.97 Å². The van der Waals surface area contributed by atoms with Crippen LogP contribution >= 0.6 is 11.3 Å². The molecular weight excluding hydrogens is 414 g/mol. The minimum atomic E-state index is -1.01. The molecule has 0 aliphatic carbocycles. The topological polar surface area (TPSA) is 84.9 Å². The molecule has 0 saturated heterocycles. The molecule has 7 heteroatoms. The number of carboxylic acids is 1. The number of thiophene rings is 1. The number of methoxy groups -OCH3 is 1. The molecule has 0 bridgehead atoms. The van der Waals surface area contributed by atoms with Crippen molar-refractivity contribution in [3.63, 3.8) is 0 Å². The highest BCUT2D eigenvalue weighted by Gasteiger charge is 2.34. The van der Waals surface area contributed by atoms with E-state index in [4.69, 9.17) is 9.47 Å². The average Bonchev–Trinajstić information content (AvgIpc) is 3.13. The van der Waals surface area contributed by atoms with E-state index in [1.165, 1.54) is 11.3 Å². The van der Waals surface area contributed by atoms with Gasteiger partial charge in [-0.25, -0.2) is 4.79 Å². The second-order valence-corrected chi connectivity index (χ2v) is 8.65. The predicted molar refractivity (Wildman–Crippen MR) is 121 cm³/mol. The summed E-state index contributed by atoms with van der Waals surface area (Å²) in [6.45, 7) is 3.87. The van der Waals surface area contributed by atoms with Crippen molar-refractivity contribution in [1.82, 2.24) is 0 Å².